The van der Waals surface area contributed by atoms with Crippen molar-refractivity contribution in [3.8, 4) is 5.75 Å². The fourth-order valence-electron chi connectivity index (χ4n) is 4.27. The van der Waals surface area contributed by atoms with Crippen LogP contribution in [0.15, 0.2) is 90.3 Å². The molecule has 8 nitrogen and oxygen atoms in total. The summed E-state index contributed by atoms with van der Waals surface area (Å²) >= 11 is 6.13. The van der Waals surface area contributed by atoms with Gasteiger partial charge in [-0.3, -0.25) is 9.59 Å². The lowest BCUT2D eigenvalue weighted by atomic mass is 9.94. The zero-order valence-corrected chi connectivity index (χ0v) is 21.2. The monoisotopic (exact) mass is 531 g/mol. The van der Waals surface area contributed by atoms with Crippen LogP contribution in [-0.2, 0) is 4.79 Å². The number of ether oxygens (including phenoxy) is 1. The lowest BCUT2D eigenvalue weighted by Crippen LogP contribution is -2.32. The summed E-state index contributed by atoms with van der Waals surface area (Å²) < 4.78 is 20.1. The highest BCUT2D eigenvalue weighted by atomic mass is 35.5. The summed E-state index contributed by atoms with van der Waals surface area (Å²) in [6.45, 7) is 1.77. The Kier molecular flexibility index (Phi) is 6.85. The molecule has 10 heteroatoms. The van der Waals surface area contributed by atoms with Crippen molar-refractivity contribution in [3.05, 3.63) is 112 Å². The number of carbonyl (C=O) groups is 2. The smallest absolute Gasteiger partial charge is 0.261 e. The Balaban J connectivity index is 1.51. The van der Waals surface area contributed by atoms with Crippen molar-refractivity contribution in [2.24, 2.45) is 0 Å². The molecule has 0 unspecified atom stereocenters. The fraction of sp³-hybridized carbons (Fsp3) is 0.107. The highest BCUT2D eigenvalue weighted by Crippen LogP contribution is 2.38. The molecule has 1 aromatic heterocycles. The van der Waals surface area contributed by atoms with Gasteiger partial charge in [-0.25, -0.2) is 9.07 Å². The Morgan fingerprint density at radius 2 is 1.55 bits per heavy atom. The van der Waals surface area contributed by atoms with Crippen molar-refractivity contribution in [1.82, 2.24) is 9.78 Å². The molecule has 38 heavy (non-hydrogen) atoms. The van der Waals surface area contributed by atoms with Gasteiger partial charge in [0.05, 0.1) is 18.9 Å². The van der Waals surface area contributed by atoms with Gasteiger partial charge in [0.25, 0.3) is 11.8 Å². The van der Waals surface area contributed by atoms with Crippen LogP contribution in [0.4, 0.5) is 21.6 Å². The summed E-state index contributed by atoms with van der Waals surface area (Å²) in [5, 5.41) is 13.9. The number of benzene rings is 3. The predicted octanol–water partition coefficient (Wildman–Crippen LogP) is 5.86. The maximum Gasteiger partial charge on any atom is 0.261 e. The van der Waals surface area contributed by atoms with Crippen molar-refractivity contribution in [2.75, 3.05) is 23.1 Å². The SMILES string of the molecule is COc1ccc(NC(=O)C2=C(C)Nc3c(C(=O)Nc4ccc(F)cc4)cnn3[C@H]2c2ccc(Cl)cc2)cc1. The first-order chi connectivity index (χ1) is 18.3. The van der Waals surface area contributed by atoms with Gasteiger partial charge >= 0.3 is 0 Å². The molecular formula is C28H23ClFN5O3. The van der Waals surface area contributed by atoms with Gasteiger partial charge < -0.3 is 20.7 Å². The topological polar surface area (TPSA) is 97.3 Å². The molecule has 1 atom stereocenters. The van der Waals surface area contributed by atoms with Crippen molar-refractivity contribution < 1.29 is 18.7 Å². The summed E-state index contributed by atoms with van der Waals surface area (Å²) in [5.74, 6) is -0.0789. The third-order valence-electron chi connectivity index (χ3n) is 6.15. The van der Waals surface area contributed by atoms with Crippen LogP contribution in [0.2, 0.25) is 5.02 Å². The van der Waals surface area contributed by atoms with Crippen LogP contribution in [-0.4, -0.2) is 28.7 Å². The third kappa shape index (κ3) is 4.96. The van der Waals surface area contributed by atoms with Gasteiger partial charge in [-0.2, -0.15) is 5.10 Å². The van der Waals surface area contributed by atoms with E-state index in [0.29, 0.717) is 39.2 Å². The molecule has 4 aromatic rings. The van der Waals surface area contributed by atoms with Crippen LogP contribution >= 0.6 is 11.6 Å². The van der Waals surface area contributed by atoms with Gasteiger partial charge in [-0.05, 0) is 73.2 Å². The molecule has 2 amide bonds. The van der Waals surface area contributed by atoms with Crippen molar-refractivity contribution in [1.29, 1.82) is 0 Å². The molecule has 1 aliphatic rings. The van der Waals surface area contributed by atoms with E-state index in [0.717, 1.165) is 5.56 Å². The molecule has 2 heterocycles. The minimum atomic E-state index is -0.644. The predicted molar refractivity (Wildman–Crippen MR) is 144 cm³/mol. The standard InChI is InChI=1S/C28H23ClFN5O3/c1-16-24(28(37)34-21-11-13-22(38-2)14-12-21)25(17-3-5-18(29)6-4-17)35-26(32-16)23(15-31-35)27(36)33-20-9-7-19(30)8-10-20/h3-15,25,32H,1-2H3,(H,33,36)(H,34,37)/t25-/m0/s1. The number of allylic oxidation sites excluding steroid dienone is 1. The summed E-state index contributed by atoms with van der Waals surface area (Å²) in [6.07, 6.45) is 1.43. The lowest BCUT2D eigenvalue weighted by molar-refractivity contribution is -0.113. The van der Waals surface area contributed by atoms with Crippen LogP contribution in [0.1, 0.15) is 28.9 Å². The molecule has 3 N–H and O–H groups in total. The zero-order valence-electron chi connectivity index (χ0n) is 20.5. The van der Waals surface area contributed by atoms with Crippen LogP contribution in [0.5, 0.6) is 5.75 Å². The number of rotatable bonds is 6. The third-order valence-corrected chi connectivity index (χ3v) is 6.40. The number of aromatic nitrogens is 2. The highest BCUT2D eigenvalue weighted by molar-refractivity contribution is 6.30. The number of anilines is 3. The van der Waals surface area contributed by atoms with Gasteiger partial charge in [0.15, 0.2) is 0 Å². The summed E-state index contributed by atoms with van der Waals surface area (Å²) in [5.41, 5.74) is 3.03. The van der Waals surface area contributed by atoms with Crippen LogP contribution in [0.25, 0.3) is 0 Å². The summed E-state index contributed by atoms with van der Waals surface area (Å²) in [6, 6.07) is 18.9. The van der Waals surface area contributed by atoms with E-state index in [4.69, 9.17) is 16.3 Å². The average molecular weight is 532 g/mol. The van der Waals surface area contributed by atoms with Crippen LogP contribution in [0, 0.1) is 5.82 Å². The van der Waals surface area contributed by atoms with Crippen LogP contribution < -0.4 is 20.7 Å². The van der Waals surface area contributed by atoms with E-state index in [-0.39, 0.29) is 11.5 Å². The number of halogens is 2. The molecule has 0 radical (unpaired) electrons. The second kappa shape index (κ2) is 10.4. The molecule has 0 saturated carbocycles. The second-order valence-corrected chi connectivity index (χ2v) is 9.05. The first kappa shape index (κ1) is 25.0. The Bertz CT molecular complexity index is 1530. The highest BCUT2D eigenvalue weighted by Gasteiger charge is 2.35. The molecule has 3 aromatic carbocycles. The van der Waals surface area contributed by atoms with Crippen molar-refractivity contribution >= 4 is 40.6 Å². The van der Waals surface area contributed by atoms with Gasteiger partial charge in [0.1, 0.15) is 29.0 Å². The second-order valence-electron chi connectivity index (χ2n) is 8.61. The Morgan fingerprint density at radius 3 is 2.18 bits per heavy atom. The minimum absolute atomic E-state index is 0.266. The molecule has 0 fully saturated rings. The zero-order chi connectivity index (χ0) is 26.8. The Hall–Kier alpha value is -4.63. The molecule has 0 aliphatic carbocycles. The number of hydrogen-bond donors (Lipinski definition) is 3. The van der Waals surface area contributed by atoms with Crippen LogP contribution in [0.3, 0.4) is 0 Å². The number of nitrogens with zero attached hydrogens (tertiary/aromatic N) is 2. The Labute approximate surface area is 223 Å². The Morgan fingerprint density at radius 1 is 0.947 bits per heavy atom. The van der Waals surface area contributed by atoms with Gasteiger partial charge in [0, 0.05) is 22.1 Å². The summed E-state index contributed by atoms with van der Waals surface area (Å²) in [4.78, 5) is 26.7. The summed E-state index contributed by atoms with van der Waals surface area (Å²) in [7, 11) is 1.57. The molecule has 5 rings (SSSR count). The average Bonchev–Trinajstić information content (AvgIpc) is 3.33. The number of hydrogen-bond acceptors (Lipinski definition) is 5. The number of carbonyl (C=O) groups excluding carboxylic acids is 2. The van der Waals surface area contributed by atoms with E-state index < -0.39 is 17.8 Å². The normalized spacial score (nSPS) is 14.4. The molecule has 1 aliphatic heterocycles. The van der Waals surface area contributed by atoms with Gasteiger partial charge in [0.2, 0.25) is 0 Å². The van der Waals surface area contributed by atoms with E-state index in [2.05, 4.69) is 21.0 Å². The number of amides is 2. The largest absolute Gasteiger partial charge is 0.497 e. The van der Waals surface area contributed by atoms with E-state index in [9.17, 15) is 14.0 Å². The number of fused-ring (bicyclic) bond motifs is 1. The van der Waals surface area contributed by atoms with Gasteiger partial charge in [-0.15, -0.1) is 0 Å². The first-order valence-corrected chi connectivity index (χ1v) is 12.0. The number of methoxy groups -OCH3 is 1. The van der Waals surface area contributed by atoms with E-state index >= 15 is 0 Å². The maximum atomic E-state index is 13.6. The first-order valence-electron chi connectivity index (χ1n) is 11.7. The van der Waals surface area contributed by atoms with Crippen molar-refractivity contribution in [2.45, 2.75) is 13.0 Å². The molecule has 0 bridgehead atoms. The number of nitrogens with one attached hydrogen (secondary N) is 3. The molecule has 0 saturated heterocycles. The molecular weight excluding hydrogens is 509 g/mol. The lowest BCUT2D eigenvalue weighted by Gasteiger charge is -2.30. The van der Waals surface area contributed by atoms with Crippen molar-refractivity contribution in [3.63, 3.8) is 0 Å². The quantitative estimate of drug-likeness (QED) is 0.289. The van der Waals surface area contributed by atoms with E-state index in [1.54, 1.807) is 55.1 Å². The molecule has 192 valence electrons. The fourth-order valence-corrected chi connectivity index (χ4v) is 4.40. The maximum absolute atomic E-state index is 13.6. The molecule has 0 spiro atoms. The minimum Gasteiger partial charge on any atom is -0.497 e. The van der Waals surface area contributed by atoms with Gasteiger partial charge in [-0.1, -0.05) is 23.7 Å². The van der Waals surface area contributed by atoms with E-state index in [1.165, 1.54) is 30.5 Å². The van der Waals surface area contributed by atoms with E-state index in [1.807, 2.05) is 12.1 Å².